The smallest absolute Gasteiger partial charge is 0.0319 e. The van der Waals surface area contributed by atoms with Crippen LogP contribution in [-0.2, 0) is 0 Å². The van der Waals surface area contributed by atoms with E-state index in [4.69, 9.17) is 10.2 Å². The molecule has 0 aliphatic heterocycles. The molecule has 0 amide bonds. The summed E-state index contributed by atoms with van der Waals surface area (Å²) in [5, 5.41) is 14.0. The largest absolute Gasteiger partial charge is 0.400 e. The number of hydrogen-bond acceptors (Lipinski definition) is 2. The Balaban J connectivity index is -0.0000000133. The molecule has 0 saturated carbocycles. The van der Waals surface area contributed by atoms with Crippen molar-refractivity contribution in [2.24, 2.45) is 0 Å². The third-order valence-corrected chi connectivity index (χ3v) is 0. The lowest BCUT2D eigenvalue weighted by Crippen LogP contribution is -1.25. The summed E-state index contributed by atoms with van der Waals surface area (Å²) < 4.78 is 0. The van der Waals surface area contributed by atoms with E-state index >= 15 is 0 Å². The number of rotatable bonds is 0. The van der Waals surface area contributed by atoms with Crippen molar-refractivity contribution in [2.75, 3.05) is 14.2 Å². The van der Waals surface area contributed by atoms with Gasteiger partial charge in [0.05, 0.1) is 0 Å². The highest BCUT2D eigenvalue weighted by Crippen LogP contribution is 0.757. The van der Waals surface area contributed by atoms with Crippen LogP contribution in [0, 0.1) is 0 Å². The van der Waals surface area contributed by atoms with E-state index in [0.29, 0.717) is 0 Å². The van der Waals surface area contributed by atoms with Crippen molar-refractivity contribution < 1.29 is 10.2 Å². The lowest BCUT2D eigenvalue weighted by molar-refractivity contribution is 0.399. The van der Waals surface area contributed by atoms with Gasteiger partial charge in [0.25, 0.3) is 0 Å². The minimum absolute atomic E-state index is 0. The van der Waals surface area contributed by atoms with Crippen LogP contribution < -0.4 is 0 Å². The summed E-state index contributed by atoms with van der Waals surface area (Å²) in [7, 11) is 2.00. The van der Waals surface area contributed by atoms with Crippen molar-refractivity contribution >= 4 is 12.4 Å². The Morgan fingerprint density at radius 1 is 0.800 bits per heavy atom. The van der Waals surface area contributed by atoms with Crippen molar-refractivity contribution in [2.45, 2.75) is 0 Å². The molecule has 0 aromatic heterocycles. The van der Waals surface area contributed by atoms with Gasteiger partial charge in [-0.25, -0.2) is 0 Å². The molecule has 2 nitrogen and oxygen atoms in total. The molecule has 0 rings (SSSR count). The molecule has 0 atom stereocenters. The highest BCUT2D eigenvalue weighted by atomic mass is 35.5. The average molecular weight is 101 g/mol. The first-order valence-electron chi connectivity index (χ1n) is 0.894. The Labute approximate surface area is 37.9 Å². The first kappa shape index (κ1) is 18.9. The van der Waals surface area contributed by atoms with Gasteiger partial charge in [-0.1, -0.05) is 0 Å². The van der Waals surface area contributed by atoms with Crippen molar-refractivity contribution in [3.63, 3.8) is 0 Å². The predicted molar refractivity (Wildman–Crippen MR) is 23.5 cm³/mol. The van der Waals surface area contributed by atoms with Crippen molar-refractivity contribution in [1.29, 1.82) is 0 Å². The molecule has 0 aromatic rings. The van der Waals surface area contributed by atoms with Crippen LogP contribution in [0.3, 0.4) is 0 Å². The molecule has 0 radical (unpaired) electrons. The maximum Gasteiger partial charge on any atom is 0.0319 e. The number of aliphatic hydroxyl groups excluding tert-OH is 2. The van der Waals surface area contributed by atoms with E-state index in [0.717, 1.165) is 14.2 Å². The topological polar surface area (TPSA) is 40.5 Å². The van der Waals surface area contributed by atoms with Gasteiger partial charge in [-0.3, -0.25) is 0 Å². The maximum atomic E-state index is 7.00. The lowest BCUT2D eigenvalue weighted by atomic mass is 11.8. The fraction of sp³-hybridized carbons (Fsp3) is 1.00. The standard InChI is InChI=1S/2CH4O.ClH/c2*1-2;/h2*2H,1H3;1H. The van der Waals surface area contributed by atoms with Gasteiger partial charge in [-0.15, -0.1) is 12.4 Å². The fourth-order valence-electron chi connectivity index (χ4n) is 0. The first-order valence-corrected chi connectivity index (χ1v) is 0.894. The van der Waals surface area contributed by atoms with Crippen LogP contribution in [0.1, 0.15) is 0 Å². The summed E-state index contributed by atoms with van der Waals surface area (Å²) in [4.78, 5) is 0. The number of halogens is 1. The zero-order valence-corrected chi connectivity index (χ0v) is 4.12. The molecule has 0 aliphatic carbocycles. The molecule has 0 spiro atoms. The summed E-state index contributed by atoms with van der Waals surface area (Å²) in [5.41, 5.74) is 0. The van der Waals surface area contributed by atoms with Gasteiger partial charge >= 0.3 is 0 Å². The van der Waals surface area contributed by atoms with E-state index < -0.39 is 0 Å². The maximum absolute atomic E-state index is 7.00. The van der Waals surface area contributed by atoms with Gasteiger partial charge in [0.1, 0.15) is 0 Å². The molecular weight excluding hydrogens is 91.5 g/mol. The Hall–Kier alpha value is 0.210. The zero-order chi connectivity index (χ0) is 4.00. The molecule has 2 N–H and O–H groups in total. The van der Waals surface area contributed by atoms with Gasteiger partial charge < -0.3 is 10.2 Å². The van der Waals surface area contributed by atoms with Crippen LogP contribution in [0.15, 0.2) is 0 Å². The Bertz CT molecular complexity index is 7.61. The van der Waals surface area contributed by atoms with Gasteiger partial charge in [-0.2, -0.15) is 0 Å². The van der Waals surface area contributed by atoms with Crippen LogP contribution in [0.2, 0.25) is 0 Å². The number of aliphatic hydroxyl groups is 2. The molecule has 5 heavy (non-hydrogen) atoms. The van der Waals surface area contributed by atoms with Crippen LogP contribution in [0.4, 0.5) is 0 Å². The molecule has 36 valence electrons. The van der Waals surface area contributed by atoms with Crippen molar-refractivity contribution in [3.8, 4) is 0 Å². The number of hydrogen-bond donors (Lipinski definition) is 2. The van der Waals surface area contributed by atoms with Crippen molar-refractivity contribution in [3.05, 3.63) is 0 Å². The highest BCUT2D eigenvalue weighted by Gasteiger charge is 0.841. The van der Waals surface area contributed by atoms with Gasteiger partial charge in [-0.05, 0) is 0 Å². The summed E-state index contributed by atoms with van der Waals surface area (Å²) in [6.45, 7) is 0. The van der Waals surface area contributed by atoms with E-state index in [1.165, 1.54) is 0 Å². The fourth-order valence-corrected chi connectivity index (χ4v) is 0. The second-order valence-electron chi connectivity index (χ2n) is 0. The normalized spacial score (nSPS) is 2.40. The van der Waals surface area contributed by atoms with Crippen molar-refractivity contribution in [1.82, 2.24) is 0 Å². The highest BCUT2D eigenvalue weighted by molar-refractivity contribution is 5.85. The van der Waals surface area contributed by atoms with E-state index in [2.05, 4.69) is 0 Å². The van der Waals surface area contributed by atoms with Crippen LogP contribution in [0.5, 0.6) is 0 Å². The molecule has 0 heterocycles. The van der Waals surface area contributed by atoms with Gasteiger partial charge in [0.15, 0.2) is 0 Å². The summed E-state index contributed by atoms with van der Waals surface area (Å²) in [5.74, 6) is 0. The van der Waals surface area contributed by atoms with Crippen LogP contribution in [0.25, 0.3) is 0 Å². The Morgan fingerprint density at radius 2 is 0.800 bits per heavy atom. The molecule has 0 saturated heterocycles. The molecule has 0 bridgehead atoms. The van der Waals surface area contributed by atoms with Crippen LogP contribution >= 0.6 is 12.4 Å². The molecule has 3 heteroatoms. The van der Waals surface area contributed by atoms with E-state index in [1.807, 2.05) is 0 Å². The van der Waals surface area contributed by atoms with E-state index in [-0.39, 0.29) is 12.4 Å². The minimum atomic E-state index is 0. The SMILES string of the molecule is CO.CO.Cl. The molecule has 0 fully saturated rings. The molecule has 0 unspecified atom stereocenters. The zero-order valence-electron chi connectivity index (χ0n) is 3.30. The first-order chi connectivity index (χ1) is 2.00. The molecule has 0 aliphatic rings. The molecular formula is C2H9ClO2. The monoisotopic (exact) mass is 100 g/mol. The van der Waals surface area contributed by atoms with E-state index in [9.17, 15) is 0 Å². The predicted octanol–water partition coefficient (Wildman–Crippen LogP) is -0.361. The third kappa shape index (κ3) is 466. The third-order valence-electron chi connectivity index (χ3n) is 0. The minimum Gasteiger partial charge on any atom is -0.400 e. The lowest BCUT2D eigenvalue weighted by Gasteiger charge is -1.21. The molecule has 0 aromatic carbocycles. The summed E-state index contributed by atoms with van der Waals surface area (Å²) >= 11 is 0. The van der Waals surface area contributed by atoms with Gasteiger partial charge in [0, 0.05) is 14.2 Å². The Kier molecular flexibility index (Phi) is 3720. The quantitative estimate of drug-likeness (QED) is 0.437. The van der Waals surface area contributed by atoms with E-state index in [1.54, 1.807) is 0 Å². The van der Waals surface area contributed by atoms with Gasteiger partial charge in [0.2, 0.25) is 0 Å². The average Bonchev–Trinajstić information content (AvgIpc) is 1.50. The second-order valence-corrected chi connectivity index (χ2v) is 0. The summed E-state index contributed by atoms with van der Waals surface area (Å²) in [6, 6.07) is 0. The van der Waals surface area contributed by atoms with Crippen LogP contribution in [-0.4, -0.2) is 24.4 Å². The second kappa shape index (κ2) is 984. The Morgan fingerprint density at radius 3 is 0.800 bits per heavy atom. The summed E-state index contributed by atoms with van der Waals surface area (Å²) in [6.07, 6.45) is 0.